The monoisotopic (exact) mass is 433 g/mol. The predicted octanol–water partition coefficient (Wildman–Crippen LogP) is 1.62. The SMILES string of the molecule is CCn1c(=O)oc2cc(S(=O)(=O)Nc3ccc(C(=O)NCCC(=O)O)cc3)ccc21. The molecule has 0 unspecified atom stereocenters. The van der Waals surface area contributed by atoms with Gasteiger partial charge >= 0.3 is 11.7 Å². The van der Waals surface area contributed by atoms with Gasteiger partial charge < -0.3 is 14.8 Å². The summed E-state index contributed by atoms with van der Waals surface area (Å²) in [5, 5.41) is 11.0. The van der Waals surface area contributed by atoms with Crippen molar-refractivity contribution in [1.82, 2.24) is 9.88 Å². The van der Waals surface area contributed by atoms with Crippen LogP contribution in [0.15, 0.2) is 56.6 Å². The fourth-order valence-electron chi connectivity index (χ4n) is 2.80. The molecule has 0 aliphatic rings. The Morgan fingerprint density at radius 2 is 1.83 bits per heavy atom. The molecule has 0 saturated heterocycles. The van der Waals surface area contributed by atoms with E-state index in [2.05, 4.69) is 10.0 Å². The predicted molar refractivity (Wildman–Crippen MR) is 108 cm³/mol. The number of carbonyl (C=O) groups excluding carboxylic acids is 1. The van der Waals surface area contributed by atoms with Crippen LogP contribution >= 0.6 is 0 Å². The molecule has 0 fully saturated rings. The van der Waals surface area contributed by atoms with Crippen LogP contribution < -0.4 is 15.8 Å². The highest BCUT2D eigenvalue weighted by Crippen LogP contribution is 2.21. The largest absolute Gasteiger partial charge is 0.481 e. The van der Waals surface area contributed by atoms with Crippen LogP contribution in [0.4, 0.5) is 5.69 Å². The van der Waals surface area contributed by atoms with E-state index in [0.29, 0.717) is 12.1 Å². The minimum absolute atomic E-state index is 0.0130. The van der Waals surface area contributed by atoms with Crippen molar-refractivity contribution >= 4 is 38.7 Å². The van der Waals surface area contributed by atoms with Gasteiger partial charge in [0.25, 0.3) is 15.9 Å². The Kier molecular flexibility index (Phi) is 5.92. The van der Waals surface area contributed by atoms with E-state index in [1.807, 2.05) is 0 Å². The lowest BCUT2D eigenvalue weighted by Gasteiger charge is -2.09. The zero-order valence-corrected chi connectivity index (χ0v) is 16.7. The Morgan fingerprint density at radius 1 is 1.13 bits per heavy atom. The summed E-state index contributed by atoms with van der Waals surface area (Å²) >= 11 is 0. The smallest absolute Gasteiger partial charge is 0.419 e. The molecule has 0 bridgehead atoms. The van der Waals surface area contributed by atoms with Crippen LogP contribution in [0.2, 0.25) is 0 Å². The summed E-state index contributed by atoms with van der Waals surface area (Å²) in [6.07, 6.45) is -0.199. The Labute approximate surface area is 171 Å². The van der Waals surface area contributed by atoms with E-state index in [1.54, 1.807) is 6.92 Å². The van der Waals surface area contributed by atoms with Crippen molar-refractivity contribution in [2.75, 3.05) is 11.3 Å². The number of oxazole rings is 1. The Bertz CT molecular complexity index is 1260. The van der Waals surface area contributed by atoms with Crippen LogP contribution in [0.5, 0.6) is 0 Å². The van der Waals surface area contributed by atoms with Crippen LogP contribution in [-0.2, 0) is 21.4 Å². The number of nitrogens with zero attached hydrogens (tertiary/aromatic N) is 1. The van der Waals surface area contributed by atoms with Crippen molar-refractivity contribution in [3.63, 3.8) is 0 Å². The lowest BCUT2D eigenvalue weighted by atomic mass is 10.2. The van der Waals surface area contributed by atoms with E-state index in [1.165, 1.54) is 47.0 Å². The zero-order chi connectivity index (χ0) is 21.9. The number of aryl methyl sites for hydroxylation is 1. The van der Waals surface area contributed by atoms with E-state index < -0.39 is 27.7 Å². The fourth-order valence-corrected chi connectivity index (χ4v) is 3.88. The van der Waals surface area contributed by atoms with Crippen molar-refractivity contribution in [2.45, 2.75) is 24.8 Å². The molecule has 158 valence electrons. The van der Waals surface area contributed by atoms with Gasteiger partial charge in [0.2, 0.25) is 0 Å². The number of benzene rings is 2. The molecule has 0 spiro atoms. The number of hydrogen-bond donors (Lipinski definition) is 3. The molecule has 30 heavy (non-hydrogen) atoms. The lowest BCUT2D eigenvalue weighted by Crippen LogP contribution is -2.25. The average Bonchev–Trinajstić information content (AvgIpc) is 3.02. The highest BCUT2D eigenvalue weighted by Gasteiger charge is 2.18. The van der Waals surface area contributed by atoms with E-state index in [-0.39, 0.29) is 34.7 Å². The molecule has 10 nitrogen and oxygen atoms in total. The lowest BCUT2D eigenvalue weighted by molar-refractivity contribution is -0.136. The summed E-state index contributed by atoms with van der Waals surface area (Å²) in [5.74, 6) is -2.05. The van der Waals surface area contributed by atoms with Crippen LogP contribution in [-0.4, -0.2) is 36.5 Å². The maximum Gasteiger partial charge on any atom is 0.419 e. The first-order chi connectivity index (χ1) is 14.2. The molecule has 3 aromatic rings. The maximum absolute atomic E-state index is 12.7. The Balaban J connectivity index is 1.75. The molecule has 0 radical (unpaired) electrons. The molecular formula is C19H19N3O7S. The van der Waals surface area contributed by atoms with Gasteiger partial charge in [0.1, 0.15) is 0 Å². The molecule has 0 atom stereocenters. The summed E-state index contributed by atoms with van der Waals surface area (Å²) in [6.45, 7) is 2.16. The maximum atomic E-state index is 12.7. The standard InChI is InChI=1S/C19H19N3O7S/c1-2-22-15-8-7-14(11-16(15)29-19(22)26)30(27,28)21-13-5-3-12(4-6-13)18(25)20-10-9-17(23)24/h3-8,11,21H,2,9-10H2,1H3,(H,20,25)(H,23,24). The number of carboxylic acid groups (broad SMARTS) is 1. The van der Waals surface area contributed by atoms with Gasteiger partial charge in [-0.1, -0.05) is 0 Å². The quantitative estimate of drug-likeness (QED) is 0.489. The summed E-state index contributed by atoms with van der Waals surface area (Å²) in [7, 11) is -3.96. The zero-order valence-electron chi connectivity index (χ0n) is 15.9. The summed E-state index contributed by atoms with van der Waals surface area (Å²) in [6, 6.07) is 9.80. The second-order valence-electron chi connectivity index (χ2n) is 6.32. The van der Waals surface area contributed by atoms with Gasteiger partial charge in [0.15, 0.2) is 5.58 Å². The van der Waals surface area contributed by atoms with Gasteiger partial charge in [0.05, 0.1) is 16.8 Å². The van der Waals surface area contributed by atoms with E-state index in [4.69, 9.17) is 9.52 Å². The number of aliphatic carboxylic acids is 1. The molecule has 11 heteroatoms. The first-order valence-corrected chi connectivity index (χ1v) is 10.5. The third kappa shape index (κ3) is 4.51. The van der Waals surface area contributed by atoms with E-state index >= 15 is 0 Å². The van der Waals surface area contributed by atoms with Gasteiger partial charge in [0, 0.05) is 30.4 Å². The molecule has 1 amide bonds. The van der Waals surface area contributed by atoms with Crippen LogP contribution in [0, 0.1) is 0 Å². The number of nitrogens with one attached hydrogen (secondary N) is 2. The molecular weight excluding hydrogens is 414 g/mol. The molecule has 3 rings (SSSR count). The Morgan fingerprint density at radius 3 is 2.47 bits per heavy atom. The van der Waals surface area contributed by atoms with Gasteiger partial charge in [-0.3, -0.25) is 18.9 Å². The van der Waals surface area contributed by atoms with Gasteiger partial charge in [-0.15, -0.1) is 0 Å². The van der Waals surface area contributed by atoms with E-state index in [9.17, 15) is 22.8 Å². The van der Waals surface area contributed by atoms with Crippen molar-refractivity contribution in [1.29, 1.82) is 0 Å². The molecule has 0 aliphatic carbocycles. The molecule has 3 N–H and O–H groups in total. The molecule has 1 aromatic heterocycles. The number of aromatic nitrogens is 1. The minimum Gasteiger partial charge on any atom is -0.481 e. The first-order valence-electron chi connectivity index (χ1n) is 8.97. The van der Waals surface area contributed by atoms with Crippen LogP contribution in [0.25, 0.3) is 11.1 Å². The van der Waals surface area contributed by atoms with E-state index in [0.717, 1.165) is 0 Å². The highest BCUT2D eigenvalue weighted by molar-refractivity contribution is 7.92. The molecule has 0 saturated carbocycles. The fraction of sp³-hybridized carbons (Fsp3) is 0.211. The number of hydrogen-bond acceptors (Lipinski definition) is 6. The topological polar surface area (TPSA) is 148 Å². The first kappa shape index (κ1) is 21.1. The van der Waals surface area contributed by atoms with Gasteiger partial charge in [-0.05, 0) is 43.3 Å². The number of anilines is 1. The molecule has 1 heterocycles. The van der Waals surface area contributed by atoms with Gasteiger partial charge in [-0.25, -0.2) is 13.2 Å². The van der Waals surface area contributed by atoms with Gasteiger partial charge in [-0.2, -0.15) is 0 Å². The third-order valence-corrected chi connectivity index (χ3v) is 5.67. The second-order valence-corrected chi connectivity index (χ2v) is 8.01. The van der Waals surface area contributed by atoms with Crippen molar-refractivity contribution in [3.05, 3.63) is 58.6 Å². The minimum atomic E-state index is -3.96. The molecule has 0 aliphatic heterocycles. The number of fused-ring (bicyclic) bond motifs is 1. The number of sulfonamides is 1. The average molecular weight is 433 g/mol. The van der Waals surface area contributed by atoms with Crippen molar-refractivity contribution < 1.29 is 27.5 Å². The highest BCUT2D eigenvalue weighted by atomic mass is 32.2. The summed E-state index contributed by atoms with van der Waals surface area (Å²) in [5.41, 5.74) is 1.15. The normalized spacial score (nSPS) is 11.4. The van der Waals surface area contributed by atoms with Crippen LogP contribution in [0.3, 0.4) is 0 Å². The molecule has 2 aromatic carbocycles. The number of carbonyl (C=O) groups is 2. The third-order valence-electron chi connectivity index (χ3n) is 4.29. The summed E-state index contributed by atoms with van der Waals surface area (Å²) < 4.78 is 34.2. The van der Waals surface area contributed by atoms with Crippen LogP contribution in [0.1, 0.15) is 23.7 Å². The number of rotatable bonds is 8. The second kappa shape index (κ2) is 8.41. The number of carboxylic acids is 1. The number of amides is 1. The summed E-state index contributed by atoms with van der Waals surface area (Å²) in [4.78, 5) is 34.1. The van der Waals surface area contributed by atoms with Crippen molar-refractivity contribution in [2.24, 2.45) is 0 Å². The Hall–Kier alpha value is -3.60. The van der Waals surface area contributed by atoms with Crippen molar-refractivity contribution in [3.8, 4) is 0 Å².